The third-order valence-electron chi connectivity index (χ3n) is 4.91. The largest absolute Gasteiger partial charge is 0.318 e. The lowest BCUT2D eigenvalue weighted by molar-refractivity contribution is 0.101. The number of carbonyl (C=O) groups excluding carboxylic acids is 1. The van der Waals surface area contributed by atoms with Gasteiger partial charge in [0.15, 0.2) is 5.69 Å². The number of aromatic nitrogens is 4. The van der Waals surface area contributed by atoms with E-state index < -0.39 is 5.91 Å². The number of amides is 1. The van der Waals surface area contributed by atoms with E-state index in [1.165, 1.54) is 5.56 Å². The third kappa shape index (κ3) is 3.67. The Hall–Kier alpha value is -3.74. The second-order valence-corrected chi connectivity index (χ2v) is 7.13. The molecule has 7 heteroatoms. The molecule has 0 saturated heterocycles. The fraction of sp³-hybridized carbons (Fsp3) is 0.182. The molecule has 0 bridgehead atoms. The van der Waals surface area contributed by atoms with Gasteiger partial charge in [0.25, 0.3) is 5.91 Å². The van der Waals surface area contributed by atoms with Crippen LogP contribution in [0.15, 0.2) is 59.7 Å². The number of carbonyl (C=O) groups is 1. The molecule has 0 aliphatic heterocycles. The highest BCUT2D eigenvalue weighted by Crippen LogP contribution is 2.14. The molecule has 1 N–H and O–H groups in total. The van der Waals surface area contributed by atoms with Crippen molar-refractivity contribution in [2.24, 2.45) is 7.05 Å². The maximum absolute atomic E-state index is 12.8. The number of aryl methyl sites for hydroxylation is 3. The van der Waals surface area contributed by atoms with Gasteiger partial charge in [-0.05, 0) is 37.1 Å². The molecule has 4 rings (SSSR count). The zero-order valence-corrected chi connectivity index (χ0v) is 16.5. The van der Waals surface area contributed by atoms with E-state index in [4.69, 9.17) is 0 Å². The summed E-state index contributed by atoms with van der Waals surface area (Å²) in [6.45, 7) is 4.55. The Morgan fingerprint density at radius 3 is 2.72 bits per heavy atom. The predicted octanol–water partition coefficient (Wildman–Crippen LogP) is 3.05. The molecule has 2 heterocycles. The molecule has 0 radical (unpaired) electrons. The number of hydrogen-bond donors (Lipinski definition) is 1. The summed E-state index contributed by atoms with van der Waals surface area (Å²) in [6, 6.07) is 13.6. The molecule has 0 atom stereocenters. The van der Waals surface area contributed by atoms with Gasteiger partial charge in [0.1, 0.15) is 0 Å². The minimum atomic E-state index is -0.551. The molecule has 0 aliphatic rings. The van der Waals surface area contributed by atoms with E-state index in [-0.39, 0.29) is 11.1 Å². The normalized spacial score (nSPS) is 11.0. The van der Waals surface area contributed by atoms with Crippen LogP contribution in [0.5, 0.6) is 0 Å². The molecule has 2 aromatic carbocycles. The van der Waals surface area contributed by atoms with Crippen LogP contribution in [-0.2, 0) is 13.6 Å². The molecule has 146 valence electrons. The monoisotopic (exact) mass is 387 g/mol. The van der Waals surface area contributed by atoms with Crippen molar-refractivity contribution in [2.75, 3.05) is 5.32 Å². The lowest BCUT2D eigenvalue weighted by Gasteiger charge is -2.08. The lowest BCUT2D eigenvalue weighted by atomic mass is 10.1. The number of fused-ring (bicyclic) bond motifs is 1. The zero-order chi connectivity index (χ0) is 20.5. The molecule has 29 heavy (non-hydrogen) atoms. The molecule has 1 amide bonds. The van der Waals surface area contributed by atoms with Crippen molar-refractivity contribution in [1.29, 1.82) is 0 Å². The van der Waals surface area contributed by atoms with Crippen molar-refractivity contribution in [3.8, 4) is 0 Å². The van der Waals surface area contributed by atoms with Crippen molar-refractivity contribution in [3.05, 3.63) is 87.5 Å². The van der Waals surface area contributed by atoms with Crippen LogP contribution in [-0.4, -0.2) is 25.5 Å². The predicted molar refractivity (Wildman–Crippen MR) is 112 cm³/mol. The Morgan fingerprint density at radius 1 is 1.14 bits per heavy atom. The van der Waals surface area contributed by atoms with Crippen LogP contribution >= 0.6 is 0 Å². The summed E-state index contributed by atoms with van der Waals surface area (Å²) < 4.78 is 3.29. The van der Waals surface area contributed by atoms with Crippen molar-refractivity contribution in [3.63, 3.8) is 0 Å². The van der Waals surface area contributed by atoms with E-state index in [0.717, 1.165) is 11.1 Å². The van der Waals surface area contributed by atoms with Gasteiger partial charge in [-0.1, -0.05) is 35.9 Å². The number of nitrogens with one attached hydrogen (secondary N) is 1. The number of benzene rings is 2. The van der Waals surface area contributed by atoms with Crippen LogP contribution < -0.4 is 10.7 Å². The summed E-state index contributed by atoms with van der Waals surface area (Å²) in [5.41, 5.74) is 3.94. The first-order valence-corrected chi connectivity index (χ1v) is 9.28. The quantitative estimate of drug-likeness (QED) is 0.584. The minimum Gasteiger partial charge on any atom is -0.318 e. The number of rotatable bonds is 4. The van der Waals surface area contributed by atoms with Gasteiger partial charge in [0, 0.05) is 13.2 Å². The fourth-order valence-corrected chi connectivity index (χ4v) is 3.31. The van der Waals surface area contributed by atoms with Gasteiger partial charge in [-0.2, -0.15) is 10.2 Å². The van der Waals surface area contributed by atoms with E-state index in [2.05, 4.69) is 15.5 Å². The van der Waals surface area contributed by atoms with Crippen LogP contribution in [0.1, 0.15) is 27.2 Å². The summed E-state index contributed by atoms with van der Waals surface area (Å²) in [5.74, 6) is -0.551. The van der Waals surface area contributed by atoms with Crippen LogP contribution in [0, 0.1) is 13.8 Å². The molecule has 4 aromatic rings. The highest BCUT2D eigenvalue weighted by Gasteiger charge is 2.17. The smallest absolute Gasteiger partial charge is 0.280 e. The van der Waals surface area contributed by atoms with E-state index in [9.17, 15) is 9.59 Å². The van der Waals surface area contributed by atoms with Crippen LogP contribution in [0.4, 0.5) is 5.69 Å². The maximum Gasteiger partial charge on any atom is 0.280 e. The van der Waals surface area contributed by atoms with Crippen LogP contribution in [0.2, 0.25) is 0 Å². The first-order valence-electron chi connectivity index (χ1n) is 9.28. The molecule has 0 spiro atoms. The van der Waals surface area contributed by atoms with Gasteiger partial charge < -0.3 is 5.32 Å². The Morgan fingerprint density at radius 2 is 1.93 bits per heavy atom. The van der Waals surface area contributed by atoms with Crippen molar-refractivity contribution >= 4 is 22.5 Å². The number of hydrogen-bond acceptors (Lipinski definition) is 4. The topological polar surface area (TPSA) is 81.8 Å². The molecule has 0 fully saturated rings. The summed E-state index contributed by atoms with van der Waals surface area (Å²) in [5, 5.41) is 11.7. The first kappa shape index (κ1) is 18.6. The Kier molecular flexibility index (Phi) is 4.72. The molecule has 7 nitrogen and oxygen atoms in total. The van der Waals surface area contributed by atoms with Gasteiger partial charge in [-0.15, -0.1) is 0 Å². The second-order valence-electron chi connectivity index (χ2n) is 7.13. The van der Waals surface area contributed by atoms with Crippen molar-refractivity contribution < 1.29 is 4.79 Å². The van der Waals surface area contributed by atoms with Crippen molar-refractivity contribution in [1.82, 2.24) is 19.6 Å². The molecule has 0 saturated carbocycles. The molecule has 2 aromatic heterocycles. The summed E-state index contributed by atoms with van der Waals surface area (Å²) in [4.78, 5) is 25.5. The van der Waals surface area contributed by atoms with E-state index in [0.29, 0.717) is 23.1 Å². The van der Waals surface area contributed by atoms with Crippen molar-refractivity contribution in [2.45, 2.75) is 20.4 Å². The molecule has 0 aliphatic carbocycles. The molecular weight excluding hydrogens is 366 g/mol. The Balaban J connectivity index is 1.59. The van der Waals surface area contributed by atoms with Crippen LogP contribution in [0.25, 0.3) is 10.9 Å². The number of nitrogens with zero attached hydrogens (tertiary/aromatic N) is 4. The first-order chi connectivity index (χ1) is 13.9. The average Bonchev–Trinajstić information content (AvgIpc) is 3.13. The number of anilines is 1. The van der Waals surface area contributed by atoms with Gasteiger partial charge in [0.05, 0.1) is 29.3 Å². The highest BCUT2D eigenvalue weighted by molar-refractivity contribution is 6.04. The van der Waals surface area contributed by atoms with Gasteiger partial charge in [0.2, 0.25) is 5.43 Å². The Labute approximate surface area is 167 Å². The van der Waals surface area contributed by atoms with Crippen LogP contribution in [0.3, 0.4) is 0 Å². The second kappa shape index (κ2) is 7.35. The fourth-order valence-electron chi connectivity index (χ4n) is 3.31. The van der Waals surface area contributed by atoms with Gasteiger partial charge in [-0.3, -0.25) is 19.0 Å². The zero-order valence-electron chi connectivity index (χ0n) is 16.5. The summed E-state index contributed by atoms with van der Waals surface area (Å²) >= 11 is 0. The SMILES string of the molecule is Cc1ccc2c(c1)c(=O)c(C(=O)Nc1cnn(Cc3ccccc3C)c1)nn2C. The Bertz CT molecular complexity index is 1290. The minimum absolute atomic E-state index is 0.141. The molecule has 0 unspecified atom stereocenters. The maximum atomic E-state index is 12.8. The van der Waals surface area contributed by atoms with Gasteiger partial charge in [-0.25, -0.2) is 0 Å². The summed E-state index contributed by atoms with van der Waals surface area (Å²) in [6.07, 6.45) is 3.30. The lowest BCUT2D eigenvalue weighted by Crippen LogP contribution is -2.26. The summed E-state index contributed by atoms with van der Waals surface area (Å²) in [7, 11) is 1.72. The average molecular weight is 387 g/mol. The standard InChI is InChI=1S/C22H21N5O2/c1-14-8-9-19-18(10-14)21(28)20(25-26(19)3)22(29)24-17-11-23-27(13-17)12-16-7-5-4-6-15(16)2/h4-11,13H,12H2,1-3H3,(H,24,29). The van der Waals surface area contributed by atoms with E-state index in [1.54, 1.807) is 34.9 Å². The third-order valence-corrected chi connectivity index (χ3v) is 4.91. The van der Waals surface area contributed by atoms with E-state index >= 15 is 0 Å². The highest BCUT2D eigenvalue weighted by atomic mass is 16.2. The van der Waals surface area contributed by atoms with Gasteiger partial charge >= 0.3 is 0 Å². The van der Waals surface area contributed by atoms with E-state index in [1.807, 2.05) is 50.2 Å². The molecular formula is C22H21N5O2.